The number of unbranched alkanes of at least 4 members (excludes halogenated alkanes) is 2. The zero-order valence-electron chi connectivity index (χ0n) is 12.9. The van der Waals surface area contributed by atoms with Crippen LogP contribution in [0.4, 0.5) is 5.69 Å². The van der Waals surface area contributed by atoms with Crippen molar-refractivity contribution in [3.05, 3.63) is 48.2 Å². The van der Waals surface area contributed by atoms with Crippen LogP contribution in [0.15, 0.2) is 48.2 Å². The summed E-state index contributed by atoms with van der Waals surface area (Å²) in [5.74, 6) is -0.717. The predicted molar refractivity (Wildman–Crippen MR) is 90.1 cm³/mol. The number of hydrogen-bond donors (Lipinski definition) is 2. The molecule has 0 saturated heterocycles. The molecule has 0 fully saturated rings. The van der Waals surface area contributed by atoms with Crippen LogP contribution in [0.1, 0.15) is 32.6 Å². The second-order valence-electron chi connectivity index (χ2n) is 5.46. The first-order valence-corrected chi connectivity index (χ1v) is 7.61. The Morgan fingerprint density at radius 3 is 2.95 bits per heavy atom. The summed E-state index contributed by atoms with van der Waals surface area (Å²) in [6.07, 6.45) is 6.86. The zero-order valence-corrected chi connectivity index (χ0v) is 12.9. The third-order valence-corrected chi connectivity index (χ3v) is 3.50. The highest BCUT2D eigenvalue weighted by molar-refractivity contribution is 5.81. The van der Waals surface area contributed by atoms with Gasteiger partial charge in [-0.05, 0) is 38.3 Å². The average molecular weight is 298 g/mol. The molecule has 0 bridgehead atoms. The third kappa shape index (κ3) is 5.20. The van der Waals surface area contributed by atoms with E-state index in [0.29, 0.717) is 0 Å². The van der Waals surface area contributed by atoms with E-state index in [1.54, 1.807) is 0 Å². The molecule has 0 aliphatic rings. The van der Waals surface area contributed by atoms with Crippen molar-refractivity contribution in [2.24, 2.45) is 0 Å². The number of anilines is 1. The minimum absolute atomic E-state index is 0.258. The van der Waals surface area contributed by atoms with Gasteiger partial charge in [-0.25, -0.2) is 0 Å². The maximum Gasteiger partial charge on any atom is 0.303 e. The number of nitrogens with one attached hydrogen (secondary N) is 1. The fraction of sp³-hybridized carbons (Fsp3) is 0.333. The fourth-order valence-electron chi connectivity index (χ4n) is 2.25. The first kappa shape index (κ1) is 16.0. The Balaban J connectivity index is 1.79. The number of nitrogens with zero attached hydrogens (tertiary/aromatic N) is 1. The molecule has 1 heterocycles. The van der Waals surface area contributed by atoms with Gasteiger partial charge < -0.3 is 10.4 Å². The van der Waals surface area contributed by atoms with Crippen molar-refractivity contribution in [1.29, 1.82) is 0 Å². The molecule has 1 aromatic carbocycles. The van der Waals surface area contributed by atoms with Crippen molar-refractivity contribution in [2.45, 2.75) is 32.6 Å². The van der Waals surface area contributed by atoms with Gasteiger partial charge in [-0.1, -0.05) is 29.8 Å². The number of rotatable bonds is 8. The number of carboxylic acids is 1. The second kappa shape index (κ2) is 8.17. The van der Waals surface area contributed by atoms with E-state index in [1.807, 2.05) is 24.4 Å². The van der Waals surface area contributed by atoms with E-state index in [1.165, 1.54) is 5.57 Å². The SMILES string of the molecule is CC(=CCCCCC(=O)O)CNc1cnc2ccccc2c1. The van der Waals surface area contributed by atoms with Crippen LogP contribution < -0.4 is 5.32 Å². The van der Waals surface area contributed by atoms with Crippen LogP contribution in [0.2, 0.25) is 0 Å². The highest BCUT2D eigenvalue weighted by Crippen LogP contribution is 2.16. The molecule has 1 aromatic heterocycles. The molecule has 0 unspecified atom stereocenters. The van der Waals surface area contributed by atoms with Crippen molar-refractivity contribution < 1.29 is 9.90 Å². The summed E-state index contributed by atoms with van der Waals surface area (Å²) in [7, 11) is 0. The number of allylic oxidation sites excluding steroid dienone is 1. The van der Waals surface area contributed by atoms with E-state index in [4.69, 9.17) is 5.11 Å². The van der Waals surface area contributed by atoms with Gasteiger partial charge in [-0.2, -0.15) is 0 Å². The maximum absolute atomic E-state index is 10.4. The number of carboxylic acid groups (broad SMARTS) is 1. The summed E-state index contributed by atoms with van der Waals surface area (Å²) in [6.45, 7) is 2.86. The minimum Gasteiger partial charge on any atom is -0.481 e. The summed E-state index contributed by atoms with van der Waals surface area (Å²) in [5.41, 5.74) is 3.26. The van der Waals surface area contributed by atoms with Crippen molar-refractivity contribution in [1.82, 2.24) is 4.98 Å². The third-order valence-electron chi connectivity index (χ3n) is 3.50. The van der Waals surface area contributed by atoms with Crippen LogP contribution >= 0.6 is 0 Å². The molecule has 4 nitrogen and oxygen atoms in total. The number of aliphatic carboxylic acids is 1. The molecular weight excluding hydrogens is 276 g/mol. The highest BCUT2D eigenvalue weighted by atomic mass is 16.4. The van der Waals surface area contributed by atoms with E-state index in [9.17, 15) is 4.79 Å². The number of carbonyl (C=O) groups is 1. The molecule has 116 valence electrons. The van der Waals surface area contributed by atoms with Crippen molar-refractivity contribution in [2.75, 3.05) is 11.9 Å². The summed E-state index contributed by atoms with van der Waals surface area (Å²) in [5, 5.41) is 13.1. The second-order valence-corrected chi connectivity index (χ2v) is 5.46. The Morgan fingerprint density at radius 2 is 2.14 bits per heavy atom. The monoisotopic (exact) mass is 298 g/mol. The summed E-state index contributed by atoms with van der Waals surface area (Å²) in [4.78, 5) is 14.8. The molecule has 4 heteroatoms. The number of benzene rings is 1. The minimum atomic E-state index is -0.717. The highest BCUT2D eigenvalue weighted by Gasteiger charge is 1.98. The molecule has 0 amide bonds. The summed E-state index contributed by atoms with van der Waals surface area (Å²) in [6, 6.07) is 10.2. The van der Waals surface area contributed by atoms with Gasteiger partial charge in [-0.15, -0.1) is 0 Å². The topological polar surface area (TPSA) is 62.2 Å². The number of aromatic nitrogens is 1. The lowest BCUT2D eigenvalue weighted by molar-refractivity contribution is -0.137. The standard InChI is InChI=1S/C18H22N2O2/c1-14(7-3-2-4-10-18(21)22)12-19-16-11-15-8-5-6-9-17(15)20-13-16/h5-9,11,13,19H,2-4,10,12H2,1H3,(H,21,22). The molecule has 0 aliphatic heterocycles. The Morgan fingerprint density at radius 1 is 1.32 bits per heavy atom. The first-order chi connectivity index (χ1) is 10.6. The van der Waals surface area contributed by atoms with Crippen LogP contribution in [0.5, 0.6) is 0 Å². The number of hydrogen-bond acceptors (Lipinski definition) is 3. The van der Waals surface area contributed by atoms with Crippen LogP contribution in [0.3, 0.4) is 0 Å². The Kier molecular flexibility index (Phi) is 5.95. The van der Waals surface area contributed by atoms with Gasteiger partial charge in [0.05, 0.1) is 17.4 Å². The molecule has 2 N–H and O–H groups in total. The molecular formula is C18H22N2O2. The van der Waals surface area contributed by atoms with E-state index in [0.717, 1.165) is 42.4 Å². The van der Waals surface area contributed by atoms with E-state index in [-0.39, 0.29) is 6.42 Å². The molecule has 0 atom stereocenters. The van der Waals surface area contributed by atoms with E-state index >= 15 is 0 Å². The molecule has 0 saturated carbocycles. The van der Waals surface area contributed by atoms with Gasteiger partial charge in [-0.3, -0.25) is 9.78 Å². The molecule has 0 radical (unpaired) electrons. The van der Waals surface area contributed by atoms with Gasteiger partial charge in [0.15, 0.2) is 0 Å². The van der Waals surface area contributed by atoms with Gasteiger partial charge in [0, 0.05) is 18.4 Å². The van der Waals surface area contributed by atoms with Gasteiger partial charge in [0.1, 0.15) is 0 Å². The quantitative estimate of drug-likeness (QED) is 0.565. The summed E-state index contributed by atoms with van der Waals surface area (Å²) >= 11 is 0. The van der Waals surface area contributed by atoms with Crippen molar-refractivity contribution in [3.8, 4) is 0 Å². The molecule has 0 spiro atoms. The normalized spacial score (nSPS) is 11.6. The van der Waals surface area contributed by atoms with E-state index in [2.05, 4.69) is 35.4 Å². The Hall–Kier alpha value is -2.36. The lowest BCUT2D eigenvalue weighted by Gasteiger charge is -2.07. The van der Waals surface area contributed by atoms with Gasteiger partial charge in [0.25, 0.3) is 0 Å². The molecule has 2 rings (SSSR count). The van der Waals surface area contributed by atoms with Crippen molar-refractivity contribution >= 4 is 22.6 Å². The predicted octanol–water partition coefficient (Wildman–Crippen LogP) is 4.24. The molecule has 0 aliphatic carbocycles. The van der Waals surface area contributed by atoms with Gasteiger partial charge >= 0.3 is 5.97 Å². The lowest BCUT2D eigenvalue weighted by atomic mass is 10.1. The maximum atomic E-state index is 10.4. The Bertz CT molecular complexity index is 665. The largest absolute Gasteiger partial charge is 0.481 e. The van der Waals surface area contributed by atoms with Gasteiger partial charge in [0.2, 0.25) is 0 Å². The number of fused-ring (bicyclic) bond motifs is 1. The average Bonchev–Trinajstić information content (AvgIpc) is 2.52. The van der Waals surface area contributed by atoms with Crippen molar-refractivity contribution in [3.63, 3.8) is 0 Å². The Labute approximate surface area is 130 Å². The zero-order chi connectivity index (χ0) is 15.8. The first-order valence-electron chi connectivity index (χ1n) is 7.61. The number of pyridine rings is 1. The molecule has 2 aromatic rings. The van der Waals surface area contributed by atoms with Crippen LogP contribution in [-0.2, 0) is 4.79 Å². The molecule has 22 heavy (non-hydrogen) atoms. The van der Waals surface area contributed by atoms with Crippen LogP contribution in [-0.4, -0.2) is 22.6 Å². The lowest BCUT2D eigenvalue weighted by Crippen LogP contribution is -2.03. The smallest absolute Gasteiger partial charge is 0.303 e. The fourth-order valence-corrected chi connectivity index (χ4v) is 2.25. The van der Waals surface area contributed by atoms with E-state index < -0.39 is 5.97 Å². The van der Waals surface area contributed by atoms with Crippen LogP contribution in [0, 0.1) is 0 Å². The summed E-state index contributed by atoms with van der Waals surface area (Å²) < 4.78 is 0. The van der Waals surface area contributed by atoms with Crippen LogP contribution in [0.25, 0.3) is 10.9 Å². The number of para-hydroxylation sites is 1.